The number of hydrogen-bond donors (Lipinski definition) is 0. The summed E-state index contributed by atoms with van der Waals surface area (Å²) in [5.41, 5.74) is -0.451. The molecule has 1 heterocycles. The van der Waals surface area contributed by atoms with Gasteiger partial charge in [-0.15, -0.1) is 0 Å². The number of epoxide rings is 1. The van der Waals surface area contributed by atoms with Crippen LogP contribution in [0.5, 0.6) is 0 Å². The Labute approximate surface area is 102 Å². The predicted octanol–water partition coefficient (Wildman–Crippen LogP) is 2.37. The van der Waals surface area contributed by atoms with Crippen molar-refractivity contribution in [3.8, 4) is 0 Å². The Hall–Kier alpha value is -1.56. The normalized spacial score (nSPS) is 22.7. The van der Waals surface area contributed by atoms with Crippen LogP contribution in [0.25, 0.3) is 0 Å². The number of anilines is 1. The molecule has 0 aromatic heterocycles. The monoisotopic (exact) mass is 259 g/mol. The maximum Gasteiger partial charge on any atom is 0.471 e. The van der Waals surface area contributed by atoms with Gasteiger partial charge in [0.1, 0.15) is 5.60 Å². The van der Waals surface area contributed by atoms with Gasteiger partial charge in [0.05, 0.1) is 13.2 Å². The van der Waals surface area contributed by atoms with Crippen molar-refractivity contribution in [2.24, 2.45) is 0 Å². The van der Waals surface area contributed by atoms with Crippen molar-refractivity contribution in [3.05, 3.63) is 30.3 Å². The number of amides is 1. The molecule has 3 nitrogen and oxygen atoms in total. The molecule has 1 atom stereocenters. The standard InChI is InChI=1S/C12H12F3NO2/c1-11(8-18-11)7-16(10(17)12(13,14)15)9-5-3-2-4-6-9/h2-6H,7-8H2,1H3. The first-order chi connectivity index (χ1) is 8.32. The first kappa shape index (κ1) is 12.9. The van der Waals surface area contributed by atoms with Crippen LogP contribution in [0.2, 0.25) is 0 Å². The van der Waals surface area contributed by atoms with Crippen molar-refractivity contribution in [2.75, 3.05) is 18.1 Å². The zero-order valence-corrected chi connectivity index (χ0v) is 9.70. The second-order valence-electron chi connectivity index (χ2n) is 4.46. The summed E-state index contributed by atoms with van der Waals surface area (Å²) in [5.74, 6) is -1.87. The summed E-state index contributed by atoms with van der Waals surface area (Å²) in [6.45, 7) is 1.93. The topological polar surface area (TPSA) is 32.8 Å². The smallest absolute Gasteiger partial charge is 0.368 e. The van der Waals surface area contributed by atoms with Crippen LogP contribution in [-0.4, -0.2) is 30.8 Å². The summed E-state index contributed by atoms with van der Waals surface area (Å²) < 4.78 is 42.7. The van der Waals surface area contributed by atoms with Crippen LogP contribution in [0.4, 0.5) is 18.9 Å². The van der Waals surface area contributed by atoms with Gasteiger partial charge in [-0.05, 0) is 19.1 Å². The molecule has 0 radical (unpaired) electrons. The number of ether oxygens (including phenoxy) is 1. The molecule has 0 bridgehead atoms. The van der Waals surface area contributed by atoms with Crippen LogP contribution < -0.4 is 4.90 Å². The highest BCUT2D eigenvalue weighted by Crippen LogP contribution is 2.31. The molecule has 2 rings (SSSR count). The third-order valence-corrected chi connectivity index (χ3v) is 2.69. The fraction of sp³-hybridized carbons (Fsp3) is 0.417. The van der Waals surface area contributed by atoms with Crippen LogP contribution >= 0.6 is 0 Å². The van der Waals surface area contributed by atoms with E-state index in [1.54, 1.807) is 25.1 Å². The molecule has 1 amide bonds. The maximum absolute atomic E-state index is 12.5. The third kappa shape index (κ3) is 2.81. The number of benzene rings is 1. The van der Waals surface area contributed by atoms with Crippen molar-refractivity contribution in [1.82, 2.24) is 0 Å². The molecule has 0 aliphatic carbocycles. The molecule has 18 heavy (non-hydrogen) atoms. The first-order valence-corrected chi connectivity index (χ1v) is 5.40. The van der Waals surface area contributed by atoms with Crippen LogP contribution in [0, 0.1) is 0 Å². The lowest BCUT2D eigenvalue weighted by Crippen LogP contribution is -2.45. The summed E-state index contributed by atoms with van der Waals surface area (Å²) in [7, 11) is 0. The molecule has 1 aromatic rings. The molecule has 1 fully saturated rings. The van der Waals surface area contributed by atoms with Crippen molar-refractivity contribution in [3.63, 3.8) is 0 Å². The van der Waals surface area contributed by atoms with E-state index < -0.39 is 17.7 Å². The summed E-state index contributed by atoms with van der Waals surface area (Å²) in [6, 6.07) is 7.78. The average molecular weight is 259 g/mol. The van der Waals surface area contributed by atoms with Crippen molar-refractivity contribution >= 4 is 11.6 Å². The molecule has 1 unspecified atom stereocenters. The van der Waals surface area contributed by atoms with Gasteiger partial charge in [-0.3, -0.25) is 4.79 Å². The molecule has 1 aromatic carbocycles. The Balaban J connectivity index is 2.26. The molecular weight excluding hydrogens is 247 g/mol. The van der Waals surface area contributed by atoms with Crippen LogP contribution in [0.15, 0.2) is 30.3 Å². The number of carbonyl (C=O) groups excluding carboxylic acids is 1. The third-order valence-electron chi connectivity index (χ3n) is 2.69. The van der Waals surface area contributed by atoms with Gasteiger partial charge in [-0.2, -0.15) is 13.2 Å². The van der Waals surface area contributed by atoms with Crippen molar-refractivity contribution in [1.29, 1.82) is 0 Å². The van der Waals surface area contributed by atoms with E-state index in [4.69, 9.17) is 4.74 Å². The minimum atomic E-state index is -4.89. The van der Waals surface area contributed by atoms with Gasteiger partial charge in [0.25, 0.3) is 0 Å². The van der Waals surface area contributed by atoms with E-state index in [1.807, 2.05) is 0 Å². The quantitative estimate of drug-likeness (QED) is 0.781. The molecule has 98 valence electrons. The molecule has 0 saturated carbocycles. The van der Waals surface area contributed by atoms with Gasteiger partial charge >= 0.3 is 12.1 Å². The van der Waals surface area contributed by atoms with Gasteiger partial charge in [0.15, 0.2) is 0 Å². The number of halogens is 3. The Bertz CT molecular complexity index is 440. The van der Waals surface area contributed by atoms with Crippen molar-refractivity contribution in [2.45, 2.75) is 18.7 Å². The van der Waals surface area contributed by atoms with E-state index in [1.165, 1.54) is 12.1 Å². The number of rotatable bonds is 3. The average Bonchev–Trinajstić information content (AvgIpc) is 3.04. The Morgan fingerprint density at radius 1 is 1.39 bits per heavy atom. The van der Waals surface area contributed by atoms with E-state index in [-0.39, 0.29) is 12.2 Å². The van der Waals surface area contributed by atoms with Gasteiger partial charge in [0.2, 0.25) is 0 Å². The second kappa shape index (κ2) is 4.28. The van der Waals surface area contributed by atoms with E-state index in [9.17, 15) is 18.0 Å². The predicted molar refractivity (Wildman–Crippen MR) is 59.2 cm³/mol. The van der Waals surface area contributed by atoms with E-state index >= 15 is 0 Å². The highest BCUT2D eigenvalue weighted by molar-refractivity contribution is 5.97. The Kier molecular flexibility index (Phi) is 3.06. The number of alkyl halides is 3. The van der Waals surface area contributed by atoms with Crippen LogP contribution in [0.1, 0.15) is 6.92 Å². The number of carbonyl (C=O) groups is 1. The first-order valence-electron chi connectivity index (χ1n) is 5.40. The van der Waals surface area contributed by atoms with E-state index in [0.717, 1.165) is 0 Å². The Morgan fingerprint density at radius 2 is 1.94 bits per heavy atom. The van der Waals surface area contributed by atoms with Crippen molar-refractivity contribution < 1.29 is 22.7 Å². The highest BCUT2D eigenvalue weighted by Gasteiger charge is 2.48. The molecule has 0 N–H and O–H groups in total. The molecule has 1 aliphatic heterocycles. The Morgan fingerprint density at radius 3 is 2.39 bits per heavy atom. The summed E-state index contributed by atoms with van der Waals surface area (Å²) in [5, 5.41) is 0. The lowest BCUT2D eigenvalue weighted by Gasteiger charge is -2.25. The van der Waals surface area contributed by atoms with E-state index in [2.05, 4.69) is 0 Å². The number of nitrogens with zero attached hydrogens (tertiary/aromatic N) is 1. The largest absolute Gasteiger partial charge is 0.471 e. The van der Waals surface area contributed by atoms with Gasteiger partial charge in [-0.1, -0.05) is 18.2 Å². The zero-order chi connectivity index (χ0) is 13.4. The van der Waals surface area contributed by atoms with Gasteiger partial charge in [0, 0.05) is 5.69 Å². The highest BCUT2D eigenvalue weighted by atomic mass is 19.4. The van der Waals surface area contributed by atoms with E-state index in [0.29, 0.717) is 11.5 Å². The molecule has 1 saturated heterocycles. The van der Waals surface area contributed by atoms with Crippen LogP contribution in [-0.2, 0) is 9.53 Å². The second-order valence-corrected chi connectivity index (χ2v) is 4.46. The van der Waals surface area contributed by atoms with Crippen LogP contribution in [0.3, 0.4) is 0 Å². The lowest BCUT2D eigenvalue weighted by molar-refractivity contribution is -0.170. The lowest BCUT2D eigenvalue weighted by atomic mass is 10.1. The molecule has 6 heteroatoms. The molecule has 0 spiro atoms. The summed E-state index contributed by atoms with van der Waals surface area (Å²) in [4.78, 5) is 12.1. The van der Waals surface area contributed by atoms with Gasteiger partial charge in [-0.25, -0.2) is 0 Å². The zero-order valence-electron chi connectivity index (χ0n) is 9.70. The number of hydrogen-bond acceptors (Lipinski definition) is 2. The number of para-hydroxylation sites is 1. The minimum absolute atomic E-state index is 0.102. The summed E-state index contributed by atoms with van der Waals surface area (Å²) in [6.07, 6.45) is -4.89. The SMILES string of the molecule is CC1(CN(C(=O)C(F)(F)F)c2ccccc2)CO1. The minimum Gasteiger partial charge on any atom is -0.368 e. The molecular formula is C12H12F3NO2. The molecule has 1 aliphatic rings. The maximum atomic E-state index is 12.5. The fourth-order valence-corrected chi connectivity index (χ4v) is 1.59. The summed E-state index contributed by atoms with van der Waals surface area (Å²) >= 11 is 0. The fourth-order valence-electron chi connectivity index (χ4n) is 1.59. The van der Waals surface area contributed by atoms with Gasteiger partial charge < -0.3 is 9.64 Å².